The van der Waals surface area contributed by atoms with Crippen molar-refractivity contribution in [3.63, 3.8) is 0 Å². The topological polar surface area (TPSA) is 54.1 Å². The Labute approximate surface area is 262 Å². The summed E-state index contributed by atoms with van der Waals surface area (Å²) in [6.45, 7) is 1.40. The number of hydrogen-bond acceptors (Lipinski definition) is 5. The van der Waals surface area contributed by atoms with Gasteiger partial charge in [-0.15, -0.1) is 0 Å². The van der Waals surface area contributed by atoms with Gasteiger partial charge < -0.3 is 9.47 Å². The third-order valence-corrected chi connectivity index (χ3v) is 9.80. The fourth-order valence-electron chi connectivity index (χ4n) is 7.32. The van der Waals surface area contributed by atoms with Crippen LogP contribution in [-0.4, -0.2) is 37.7 Å². The lowest BCUT2D eigenvalue weighted by Gasteiger charge is -2.36. The molecule has 2 aliphatic rings. The molecule has 0 N–H and O–H groups in total. The predicted octanol–water partition coefficient (Wildman–Crippen LogP) is 7.83. The van der Waals surface area contributed by atoms with Crippen molar-refractivity contribution >= 4 is 23.8 Å². The highest BCUT2D eigenvalue weighted by atomic mass is 32.1. The zero-order valence-electron chi connectivity index (χ0n) is 24.4. The van der Waals surface area contributed by atoms with E-state index in [0.29, 0.717) is 19.1 Å². The van der Waals surface area contributed by atoms with Crippen LogP contribution in [0.4, 0.5) is 0 Å². The fraction of sp³-hybridized carbons (Fsp3) is 0.243. The van der Waals surface area contributed by atoms with E-state index in [4.69, 9.17) is 32.4 Å². The molecule has 0 amide bonds. The average molecular weight is 599 g/mol. The molecular weight excluding hydrogens is 565 g/mol. The van der Waals surface area contributed by atoms with Crippen LogP contribution in [0.5, 0.6) is 0 Å². The molecule has 7 heteroatoms. The highest BCUT2D eigenvalue weighted by molar-refractivity contribution is 7.78. The summed E-state index contributed by atoms with van der Waals surface area (Å²) in [5.41, 5.74) is 6.92. The van der Waals surface area contributed by atoms with Gasteiger partial charge in [0.1, 0.15) is 11.2 Å². The molecule has 220 valence electrons. The summed E-state index contributed by atoms with van der Waals surface area (Å²) in [6.07, 6.45) is 12.1. The molecule has 3 aromatic carbocycles. The maximum atomic E-state index is 5.98. The molecule has 44 heavy (non-hydrogen) atoms. The highest BCUT2D eigenvalue weighted by Crippen LogP contribution is 2.44. The molecule has 1 aliphatic heterocycles. The summed E-state index contributed by atoms with van der Waals surface area (Å²) in [5, 5.41) is 6.18. The molecule has 0 atom stereocenters. The zero-order chi connectivity index (χ0) is 29.6. The van der Waals surface area contributed by atoms with E-state index in [1.165, 1.54) is 5.56 Å². The lowest BCUT2D eigenvalue weighted by molar-refractivity contribution is -0.178. The second-order valence-corrected chi connectivity index (χ2v) is 12.3. The number of fused-ring (bicyclic) bond motifs is 1. The second-order valence-electron chi connectivity index (χ2n) is 11.9. The molecule has 0 radical (unpaired) electrons. The maximum Gasteiger partial charge on any atom is 0.168 e. The molecule has 1 aliphatic carbocycles. The normalized spacial score (nSPS) is 17.0. The van der Waals surface area contributed by atoms with E-state index >= 15 is 0 Å². The van der Waals surface area contributed by atoms with Gasteiger partial charge in [-0.25, -0.2) is 4.98 Å². The molecule has 2 fully saturated rings. The molecule has 0 unspecified atom stereocenters. The van der Waals surface area contributed by atoms with E-state index in [9.17, 15) is 0 Å². The van der Waals surface area contributed by atoms with E-state index in [1.807, 2.05) is 16.4 Å². The van der Waals surface area contributed by atoms with E-state index in [-0.39, 0.29) is 5.79 Å². The van der Waals surface area contributed by atoms with Gasteiger partial charge in [0.15, 0.2) is 5.79 Å². The Kier molecular flexibility index (Phi) is 6.89. The number of aromatic nitrogens is 4. The summed E-state index contributed by atoms with van der Waals surface area (Å²) in [7, 11) is 0. The molecule has 3 aromatic heterocycles. The lowest BCUT2D eigenvalue weighted by atomic mass is 9.77. The van der Waals surface area contributed by atoms with Crippen molar-refractivity contribution in [1.82, 2.24) is 18.7 Å². The number of thiol groups is 1. The molecule has 0 bridgehead atoms. The minimum Gasteiger partial charge on any atom is -0.348 e. The summed E-state index contributed by atoms with van der Waals surface area (Å²) < 4.78 is 15.9. The zero-order valence-corrected chi connectivity index (χ0v) is 25.3. The van der Waals surface area contributed by atoms with Crippen LogP contribution in [0.1, 0.15) is 53.9 Å². The van der Waals surface area contributed by atoms with Crippen molar-refractivity contribution in [3.05, 3.63) is 144 Å². The molecular formula is C37H34N4O2S. The SMILES string of the molecule is Sn1cc(-c2cnn(C(c3ccccc3)(c3ccccc3)c3ccccc3)c2)c2cc(C3CCC4(CC3)OCCO4)cnc21. The number of ether oxygens (including phenoxy) is 2. The van der Waals surface area contributed by atoms with E-state index in [2.05, 4.69) is 114 Å². The number of pyridine rings is 1. The molecule has 1 saturated carbocycles. The van der Waals surface area contributed by atoms with Gasteiger partial charge in [0, 0.05) is 47.9 Å². The number of rotatable bonds is 6. The van der Waals surface area contributed by atoms with Crippen molar-refractivity contribution < 1.29 is 9.47 Å². The molecule has 6 aromatic rings. The van der Waals surface area contributed by atoms with Gasteiger partial charge in [-0.2, -0.15) is 5.10 Å². The third kappa shape index (κ3) is 4.50. The van der Waals surface area contributed by atoms with Crippen LogP contribution in [0.2, 0.25) is 0 Å². The van der Waals surface area contributed by atoms with Gasteiger partial charge in [0.25, 0.3) is 0 Å². The highest BCUT2D eigenvalue weighted by Gasteiger charge is 2.41. The maximum absolute atomic E-state index is 5.98. The average Bonchev–Trinajstić information content (AvgIpc) is 3.83. The first-order valence-corrected chi connectivity index (χ1v) is 15.8. The van der Waals surface area contributed by atoms with Gasteiger partial charge in [0.2, 0.25) is 0 Å². The molecule has 8 rings (SSSR count). The first kappa shape index (κ1) is 27.4. The minimum atomic E-state index is -0.673. The van der Waals surface area contributed by atoms with Crippen molar-refractivity contribution in [2.45, 2.75) is 42.9 Å². The number of hydrogen-bond donors (Lipinski definition) is 1. The lowest BCUT2D eigenvalue weighted by Crippen LogP contribution is -2.38. The largest absolute Gasteiger partial charge is 0.348 e. The van der Waals surface area contributed by atoms with Crippen LogP contribution < -0.4 is 0 Å². The third-order valence-electron chi connectivity index (χ3n) is 9.49. The fourth-order valence-corrected chi connectivity index (χ4v) is 7.59. The quantitative estimate of drug-likeness (QED) is 0.157. The van der Waals surface area contributed by atoms with E-state index in [1.54, 1.807) is 0 Å². The van der Waals surface area contributed by atoms with Crippen LogP contribution in [0.3, 0.4) is 0 Å². The Balaban J connectivity index is 1.24. The molecule has 4 heterocycles. The number of nitrogens with zero attached hydrogens (tertiary/aromatic N) is 4. The van der Waals surface area contributed by atoms with Gasteiger partial charge in [-0.3, -0.25) is 8.65 Å². The minimum absolute atomic E-state index is 0.370. The Hall–Kier alpha value is -4.17. The summed E-state index contributed by atoms with van der Waals surface area (Å²) in [4.78, 5) is 4.89. The van der Waals surface area contributed by atoms with Crippen LogP contribution in [0.15, 0.2) is 122 Å². The van der Waals surface area contributed by atoms with Gasteiger partial charge in [-0.1, -0.05) is 104 Å². The predicted molar refractivity (Wildman–Crippen MR) is 176 cm³/mol. The summed E-state index contributed by atoms with van der Waals surface area (Å²) in [5.74, 6) is 0.0522. The van der Waals surface area contributed by atoms with Gasteiger partial charge in [-0.05, 0) is 47.1 Å². The second kappa shape index (κ2) is 11.1. The standard InChI is InChI=1S/C37H34N4O2S/c44-40-26-34(33-22-28(23-38-35(33)40)27-16-18-36(19-17-27)42-20-21-43-36)29-24-39-41(25-29)37(30-10-4-1-5-11-30,31-12-6-2-7-13-31)32-14-8-3-9-15-32/h1-15,22-27,44H,16-21H2. The Morgan fingerprint density at radius 1 is 0.750 bits per heavy atom. The van der Waals surface area contributed by atoms with E-state index < -0.39 is 5.54 Å². The van der Waals surface area contributed by atoms with Crippen molar-refractivity contribution in [2.24, 2.45) is 0 Å². The molecule has 6 nitrogen and oxygen atoms in total. The Morgan fingerprint density at radius 3 is 1.89 bits per heavy atom. The summed E-state index contributed by atoms with van der Waals surface area (Å²) >= 11 is 4.77. The smallest absolute Gasteiger partial charge is 0.168 e. The van der Waals surface area contributed by atoms with Gasteiger partial charge >= 0.3 is 0 Å². The van der Waals surface area contributed by atoms with Crippen LogP contribution in [0, 0.1) is 0 Å². The van der Waals surface area contributed by atoms with Crippen LogP contribution in [0.25, 0.3) is 22.2 Å². The Morgan fingerprint density at radius 2 is 1.32 bits per heavy atom. The molecule has 1 spiro atoms. The van der Waals surface area contributed by atoms with Crippen molar-refractivity contribution in [2.75, 3.05) is 13.2 Å². The van der Waals surface area contributed by atoms with Crippen molar-refractivity contribution in [1.29, 1.82) is 0 Å². The van der Waals surface area contributed by atoms with Gasteiger partial charge in [0.05, 0.1) is 19.4 Å². The van der Waals surface area contributed by atoms with Crippen molar-refractivity contribution in [3.8, 4) is 11.1 Å². The first-order chi connectivity index (χ1) is 21.7. The number of benzene rings is 3. The van der Waals surface area contributed by atoms with Crippen LogP contribution >= 0.6 is 12.8 Å². The monoisotopic (exact) mass is 598 g/mol. The Bertz CT molecular complexity index is 1790. The van der Waals surface area contributed by atoms with E-state index in [0.717, 1.165) is 64.5 Å². The van der Waals surface area contributed by atoms with Crippen LogP contribution in [-0.2, 0) is 15.0 Å². The molecule has 1 saturated heterocycles. The first-order valence-electron chi connectivity index (χ1n) is 15.4. The summed E-state index contributed by atoms with van der Waals surface area (Å²) in [6, 6.07) is 34.2.